The van der Waals surface area contributed by atoms with Gasteiger partial charge in [0.25, 0.3) is 5.91 Å². The van der Waals surface area contributed by atoms with Gasteiger partial charge in [-0.1, -0.05) is 24.6 Å². The quantitative estimate of drug-likeness (QED) is 0.466. The van der Waals surface area contributed by atoms with Crippen LogP contribution in [0, 0.1) is 13.8 Å². The molecule has 0 spiro atoms. The molecule has 6 heteroatoms. The summed E-state index contributed by atoms with van der Waals surface area (Å²) in [7, 11) is 0. The third-order valence-corrected chi connectivity index (χ3v) is 7.90. The molecule has 2 aliphatic heterocycles. The summed E-state index contributed by atoms with van der Waals surface area (Å²) in [5, 5.41) is 4.14. The minimum absolute atomic E-state index is 0.109. The Balaban J connectivity index is 1.69. The topological polar surface area (TPSA) is 44.7 Å². The van der Waals surface area contributed by atoms with Crippen molar-refractivity contribution in [2.45, 2.75) is 72.4 Å². The Bertz CT molecular complexity index is 1180. The lowest BCUT2D eigenvalue weighted by atomic mass is 9.78. The normalized spacial score (nSPS) is 22.3. The number of aliphatic imine (C=N–C) groups is 1. The highest BCUT2D eigenvalue weighted by molar-refractivity contribution is 8.18. The third kappa shape index (κ3) is 4.58. The number of rotatable bonds is 3. The number of nitrogens with zero attached hydrogens (tertiary/aromatic N) is 2. The monoisotopic (exact) mass is 481 g/mol. The molecule has 2 aromatic carbocycles. The van der Waals surface area contributed by atoms with Crippen molar-refractivity contribution in [3.8, 4) is 0 Å². The van der Waals surface area contributed by atoms with Crippen LogP contribution in [0.25, 0.3) is 6.08 Å². The number of anilines is 1. The maximum Gasteiger partial charge on any atom is 0.264 e. The van der Waals surface area contributed by atoms with Gasteiger partial charge in [-0.05, 0) is 118 Å². The fraction of sp³-hybridized carbons (Fsp3) is 0.407. The molecule has 1 saturated heterocycles. The van der Waals surface area contributed by atoms with Crippen LogP contribution in [0.1, 0.15) is 69.2 Å². The molecule has 2 aliphatic rings. The van der Waals surface area contributed by atoms with Crippen LogP contribution in [0.3, 0.4) is 0 Å². The number of carbonyl (C=O) groups excluding carboxylic acids is 1. The van der Waals surface area contributed by atoms with Crippen molar-refractivity contribution in [3.05, 3.63) is 62.5 Å². The van der Waals surface area contributed by atoms with E-state index in [1.807, 2.05) is 31.2 Å². The zero-order chi connectivity index (χ0) is 24.1. The number of benzene rings is 2. The number of hydrogen-bond donors (Lipinski definition) is 1. The predicted octanol–water partition coefficient (Wildman–Crippen LogP) is 7.35. The van der Waals surface area contributed by atoms with E-state index in [0.29, 0.717) is 27.1 Å². The number of thioether (sulfide) groups is 1. The Kier molecular flexibility index (Phi) is 6.41. The first-order chi connectivity index (χ1) is 15.5. The van der Waals surface area contributed by atoms with E-state index in [1.165, 1.54) is 28.6 Å². The van der Waals surface area contributed by atoms with Crippen LogP contribution in [0.15, 0.2) is 40.2 Å². The first kappa shape index (κ1) is 23.9. The highest BCUT2D eigenvalue weighted by atomic mass is 35.5. The van der Waals surface area contributed by atoms with Gasteiger partial charge in [0.05, 0.1) is 10.6 Å². The van der Waals surface area contributed by atoms with Gasteiger partial charge < -0.3 is 10.2 Å². The number of amides is 1. The highest BCUT2D eigenvalue weighted by Gasteiger charge is 2.38. The SMILES string of the molecule is Cc1cc2c(cc1/C=C1\SC(=Nc3cccc(Cl)c3C)NC1=O)[C@H](C)CC(C)(C)N2C(C)C. The van der Waals surface area contributed by atoms with E-state index in [4.69, 9.17) is 11.6 Å². The van der Waals surface area contributed by atoms with E-state index in [1.54, 1.807) is 0 Å². The van der Waals surface area contributed by atoms with Crippen LogP contribution in [0.2, 0.25) is 5.02 Å². The summed E-state index contributed by atoms with van der Waals surface area (Å²) < 4.78 is 0. The van der Waals surface area contributed by atoms with Gasteiger partial charge in [-0.15, -0.1) is 0 Å². The van der Waals surface area contributed by atoms with E-state index in [9.17, 15) is 4.79 Å². The van der Waals surface area contributed by atoms with Gasteiger partial charge >= 0.3 is 0 Å². The zero-order valence-corrected chi connectivity index (χ0v) is 22.0. The predicted molar refractivity (Wildman–Crippen MR) is 143 cm³/mol. The van der Waals surface area contributed by atoms with Crippen LogP contribution in [0.5, 0.6) is 0 Å². The van der Waals surface area contributed by atoms with E-state index < -0.39 is 0 Å². The number of aryl methyl sites for hydroxylation is 1. The fourth-order valence-corrected chi connectivity index (χ4v) is 6.19. The van der Waals surface area contributed by atoms with Gasteiger partial charge in [-0.2, -0.15) is 0 Å². The van der Waals surface area contributed by atoms with Crippen LogP contribution in [-0.2, 0) is 4.79 Å². The third-order valence-electron chi connectivity index (χ3n) is 6.58. The Morgan fingerprint density at radius 3 is 2.70 bits per heavy atom. The van der Waals surface area contributed by atoms with Crippen molar-refractivity contribution in [2.24, 2.45) is 4.99 Å². The molecule has 33 heavy (non-hydrogen) atoms. The van der Waals surface area contributed by atoms with Gasteiger partial charge in [0.2, 0.25) is 0 Å². The molecular weight excluding hydrogens is 450 g/mol. The second-order valence-electron chi connectivity index (χ2n) is 10.0. The molecule has 0 unspecified atom stereocenters. The second-order valence-corrected chi connectivity index (χ2v) is 11.5. The van der Waals surface area contributed by atoms with Crippen molar-refractivity contribution in [2.75, 3.05) is 4.90 Å². The number of carbonyl (C=O) groups is 1. The molecule has 4 nitrogen and oxygen atoms in total. The molecule has 174 valence electrons. The average molecular weight is 482 g/mol. The highest BCUT2D eigenvalue weighted by Crippen LogP contribution is 2.46. The first-order valence-electron chi connectivity index (χ1n) is 11.5. The summed E-state index contributed by atoms with van der Waals surface area (Å²) in [6.07, 6.45) is 3.09. The van der Waals surface area contributed by atoms with Gasteiger partial charge in [-0.3, -0.25) is 4.79 Å². The maximum atomic E-state index is 12.7. The van der Waals surface area contributed by atoms with Gasteiger partial charge in [0, 0.05) is 22.3 Å². The Morgan fingerprint density at radius 1 is 1.27 bits per heavy atom. The molecule has 2 heterocycles. The van der Waals surface area contributed by atoms with Crippen molar-refractivity contribution in [3.63, 3.8) is 0 Å². The lowest BCUT2D eigenvalue weighted by Gasteiger charge is -2.50. The Labute approximate surface area is 206 Å². The minimum atomic E-state index is -0.117. The minimum Gasteiger partial charge on any atom is -0.364 e. The molecular formula is C27H32ClN3OS. The standard InChI is InChI=1S/C27H32ClN3OS/c1-15(2)31-23-11-16(3)19(12-20(23)17(4)14-27(31,6)7)13-24-25(32)30-26(33-24)29-22-10-8-9-21(28)18(22)5/h8-13,15,17H,14H2,1-7H3,(H,29,30,32)/b24-13-/t17-/m1/s1. The first-order valence-corrected chi connectivity index (χ1v) is 12.7. The molecule has 1 fully saturated rings. The lowest BCUT2D eigenvalue weighted by Crippen LogP contribution is -2.51. The number of hydrogen-bond acceptors (Lipinski definition) is 4. The van der Waals surface area contributed by atoms with Crippen LogP contribution in [-0.4, -0.2) is 22.7 Å². The second kappa shape index (κ2) is 8.84. The summed E-state index contributed by atoms with van der Waals surface area (Å²) >= 11 is 7.59. The number of halogens is 1. The molecule has 0 bridgehead atoms. The van der Waals surface area contributed by atoms with E-state index in [0.717, 1.165) is 23.2 Å². The number of fused-ring (bicyclic) bond motifs is 1. The summed E-state index contributed by atoms with van der Waals surface area (Å²) in [6, 6.07) is 10.6. The molecule has 0 aromatic heterocycles. The smallest absolute Gasteiger partial charge is 0.264 e. The van der Waals surface area contributed by atoms with E-state index >= 15 is 0 Å². The van der Waals surface area contributed by atoms with Crippen molar-refractivity contribution < 1.29 is 4.79 Å². The molecule has 0 saturated carbocycles. The lowest BCUT2D eigenvalue weighted by molar-refractivity contribution is -0.115. The molecule has 4 rings (SSSR count). The molecule has 1 atom stereocenters. The fourth-order valence-electron chi connectivity index (χ4n) is 5.20. The van der Waals surface area contributed by atoms with Gasteiger partial charge in [-0.25, -0.2) is 4.99 Å². The van der Waals surface area contributed by atoms with Crippen LogP contribution >= 0.6 is 23.4 Å². The average Bonchev–Trinajstić information content (AvgIpc) is 3.04. The molecule has 0 aliphatic carbocycles. The van der Waals surface area contributed by atoms with Crippen molar-refractivity contribution in [1.82, 2.24) is 5.32 Å². The van der Waals surface area contributed by atoms with Crippen molar-refractivity contribution in [1.29, 1.82) is 0 Å². The van der Waals surface area contributed by atoms with Crippen LogP contribution < -0.4 is 10.2 Å². The van der Waals surface area contributed by atoms with Crippen LogP contribution in [0.4, 0.5) is 11.4 Å². The summed E-state index contributed by atoms with van der Waals surface area (Å²) in [5.41, 5.74) is 6.70. The largest absolute Gasteiger partial charge is 0.364 e. The molecule has 0 radical (unpaired) electrons. The molecule has 1 N–H and O–H groups in total. The van der Waals surface area contributed by atoms with E-state index in [2.05, 4.69) is 68.9 Å². The Morgan fingerprint density at radius 2 is 2.00 bits per heavy atom. The summed E-state index contributed by atoms with van der Waals surface area (Å²) in [6.45, 7) is 15.5. The number of amidine groups is 1. The van der Waals surface area contributed by atoms with Gasteiger partial charge in [0.15, 0.2) is 5.17 Å². The summed E-state index contributed by atoms with van der Waals surface area (Å²) in [4.78, 5) is 20.5. The van der Waals surface area contributed by atoms with Gasteiger partial charge in [0.1, 0.15) is 0 Å². The van der Waals surface area contributed by atoms with E-state index in [-0.39, 0.29) is 11.4 Å². The zero-order valence-electron chi connectivity index (χ0n) is 20.4. The maximum absolute atomic E-state index is 12.7. The number of nitrogens with one attached hydrogen (secondary N) is 1. The molecule has 1 amide bonds. The molecule has 2 aromatic rings. The summed E-state index contributed by atoms with van der Waals surface area (Å²) in [5.74, 6) is 0.337. The van der Waals surface area contributed by atoms with Crippen molar-refractivity contribution >= 4 is 51.9 Å². The Hall–Kier alpha value is -2.24.